The van der Waals surface area contributed by atoms with Gasteiger partial charge in [-0.05, 0) is 61.8 Å². The van der Waals surface area contributed by atoms with Crippen molar-refractivity contribution in [2.24, 2.45) is 5.92 Å². The van der Waals surface area contributed by atoms with Crippen LogP contribution in [0.25, 0.3) is 0 Å². The summed E-state index contributed by atoms with van der Waals surface area (Å²) in [6.45, 7) is 7.24. The Morgan fingerprint density at radius 2 is 1.86 bits per heavy atom. The zero-order valence-electron chi connectivity index (χ0n) is 23.1. The Hall–Kier alpha value is -2.37. The molecule has 5 heteroatoms. The molecule has 1 saturated heterocycles. The first-order valence-electron chi connectivity index (χ1n) is 14.3. The van der Waals surface area contributed by atoms with Gasteiger partial charge in [-0.25, -0.2) is 0 Å². The Bertz CT molecular complexity index is 1040. The van der Waals surface area contributed by atoms with Gasteiger partial charge in [0.15, 0.2) is 0 Å². The van der Waals surface area contributed by atoms with Crippen LogP contribution >= 0.6 is 0 Å². The summed E-state index contributed by atoms with van der Waals surface area (Å²) in [5, 5.41) is 25.9. The third-order valence-corrected chi connectivity index (χ3v) is 8.90. The first-order chi connectivity index (χ1) is 17.6. The molecule has 37 heavy (non-hydrogen) atoms. The molecular formula is C32H47N2O3+. The first-order valence-corrected chi connectivity index (χ1v) is 14.3. The predicted octanol–water partition coefficient (Wildman–Crippen LogP) is 5.34. The fourth-order valence-electron chi connectivity index (χ4n) is 7.33. The number of likely N-dealkylation sites (N-methyl/N-ethyl adjacent to an activating group) is 1. The molecule has 3 N–H and O–H groups in total. The van der Waals surface area contributed by atoms with Gasteiger partial charge in [0.1, 0.15) is 17.9 Å². The molecule has 1 aliphatic heterocycles. The molecule has 0 bridgehead atoms. The molecule has 2 fully saturated rings. The number of hydrogen-bond acceptors (Lipinski definition) is 3. The van der Waals surface area contributed by atoms with Crippen molar-refractivity contribution < 1.29 is 19.5 Å². The number of piperidine rings is 1. The molecule has 1 heterocycles. The number of rotatable bonds is 10. The molecule has 202 valence electrons. The van der Waals surface area contributed by atoms with Gasteiger partial charge >= 0.3 is 0 Å². The molecule has 2 aromatic rings. The van der Waals surface area contributed by atoms with Crippen LogP contribution in [0.4, 0.5) is 0 Å². The van der Waals surface area contributed by atoms with E-state index in [2.05, 4.69) is 56.5 Å². The number of carbonyl (C=O) groups excluding carboxylic acids is 1. The number of amides is 1. The standard InChI is InChI=1S/C32H46N2O3/c1-25(2)23-34(3)20-19-31(27-14-10-15-29(35)21-27)22-28(17-18-32(31,37)24-34)33-30(36)16-9-5-8-13-26-11-6-4-7-12-26/h4,6-7,10-12,14-15,21,25,28,37H,5,8-9,13,16-20,22-24H2,1-3H3,(H-,33,35,36)/p+1/t28-,31-,32?,34+/m1/s1. The van der Waals surface area contributed by atoms with Gasteiger partial charge in [0.05, 0.1) is 20.1 Å². The number of unbranched alkanes of at least 4 members (excludes halogenated alkanes) is 2. The summed E-state index contributed by atoms with van der Waals surface area (Å²) in [5.74, 6) is 0.920. The fourth-order valence-corrected chi connectivity index (χ4v) is 7.33. The average Bonchev–Trinajstić information content (AvgIpc) is 2.84. The molecule has 0 radical (unpaired) electrons. The summed E-state index contributed by atoms with van der Waals surface area (Å²) < 4.78 is 0.870. The van der Waals surface area contributed by atoms with Crippen molar-refractivity contribution in [2.45, 2.75) is 88.7 Å². The fraction of sp³-hybridized carbons (Fsp3) is 0.594. The molecule has 2 aromatic carbocycles. The Morgan fingerprint density at radius 3 is 2.59 bits per heavy atom. The monoisotopic (exact) mass is 507 g/mol. The second-order valence-corrected chi connectivity index (χ2v) is 12.5. The number of nitrogens with one attached hydrogen (secondary N) is 1. The highest BCUT2D eigenvalue weighted by molar-refractivity contribution is 5.76. The largest absolute Gasteiger partial charge is 0.508 e. The minimum Gasteiger partial charge on any atom is -0.508 e. The van der Waals surface area contributed by atoms with Gasteiger partial charge in [0.25, 0.3) is 0 Å². The third kappa shape index (κ3) is 6.56. The normalized spacial score (nSPS) is 29.6. The van der Waals surface area contributed by atoms with Crippen LogP contribution in [0.15, 0.2) is 54.6 Å². The maximum absolute atomic E-state index is 12.9. The van der Waals surface area contributed by atoms with Crippen molar-refractivity contribution in [3.8, 4) is 5.75 Å². The number of fused-ring (bicyclic) bond motifs is 1. The Labute approximate surface area is 223 Å². The number of aromatic hydroxyl groups is 1. The number of carbonyl (C=O) groups is 1. The Kier molecular flexibility index (Phi) is 8.65. The molecule has 1 aliphatic carbocycles. The van der Waals surface area contributed by atoms with Crippen molar-refractivity contribution in [3.63, 3.8) is 0 Å². The highest BCUT2D eigenvalue weighted by Crippen LogP contribution is 2.53. The van der Waals surface area contributed by atoms with Crippen LogP contribution in [0.2, 0.25) is 0 Å². The van der Waals surface area contributed by atoms with Crippen LogP contribution in [0.5, 0.6) is 5.75 Å². The number of aryl methyl sites for hydroxylation is 1. The second-order valence-electron chi connectivity index (χ2n) is 12.5. The van der Waals surface area contributed by atoms with E-state index in [1.165, 1.54) is 5.56 Å². The molecule has 0 aromatic heterocycles. The van der Waals surface area contributed by atoms with E-state index in [1.807, 2.05) is 18.2 Å². The quantitative estimate of drug-likeness (QED) is 0.300. The molecule has 1 amide bonds. The molecule has 1 unspecified atom stereocenters. The van der Waals surface area contributed by atoms with E-state index in [1.54, 1.807) is 6.07 Å². The summed E-state index contributed by atoms with van der Waals surface area (Å²) in [4.78, 5) is 12.9. The van der Waals surface area contributed by atoms with Gasteiger partial charge in [-0.15, -0.1) is 0 Å². The van der Waals surface area contributed by atoms with Crippen molar-refractivity contribution >= 4 is 5.91 Å². The molecule has 4 atom stereocenters. The summed E-state index contributed by atoms with van der Waals surface area (Å²) in [6.07, 6.45) is 7.68. The van der Waals surface area contributed by atoms with Crippen molar-refractivity contribution in [1.82, 2.24) is 5.32 Å². The number of phenols is 1. The molecular weight excluding hydrogens is 460 g/mol. The molecule has 4 rings (SSSR count). The van der Waals surface area contributed by atoms with Gasteiger partial charge in [0, 0.05) is 30.2 Å². The van der Waals surface area contributed by atoms with E-state index >= 15 is 0 Å². The van der Waals surface area contributed by atoms with Crippen molar-refractivity contribution in [2.75, 3.05) is 26.7 Å². The van der Waals surface area contributed by atoms with Crippen LogP contribution in [-0.4, -0.2) is 58.9 Å². The molecule has 2 aliphatic rings. The van der Waals surface area contributed by atoms with Crippen LogP contribution in [-0.2, 0) is 16.6 Å². The lowest BCUT2D eigenvalue weighted by molar-refractivity contribution is -0.926. The van der Waals surface area contributed by atoms with Crippen LogP contribution in [0.3, 0.4) is 0 Å². The molecule has 1 saturated carbocycles. The maximum Gasteiger partial charge on any atom is 0.220 e. The van der Waals surface area contributed by atoms with Crippen LogP contribution < -0.4 is 5.32 Å². The highest BCUT2D eigenvalue weighted by Gasteiger charge is 2.61. The van der Waals surface area contributed by atoms with E-state index in [9.17, 15) is 15.0 Å². The number of quaternary nitrogens is 1. The lowest BCUT2D eigenvalue weighted by atomic mass is 9.55. The van der Waals surface area contributed by atoms with Crippen LogP contribution in [0, 0.1) is 5.92 Å². The predicted molar refractivity (Wildman–Crippen MR) is 149 cm³/mol. The molecule has 5 nitrogen and oxygen atoms in total. The van der Waals surface area contributed by atoms with E-state index in [0.29, 0.717) is 31.7 Å². The lowest BCUT2D eigenvalue weighted by Crippen LogP contribution is -2.71. The number of aliphatic hydroxyl groups is 1. The van der Waals surface area contributed by atoms with Crippen molar-refractivity contribution in [3.05, 3.63) is 65.7 Å². The number of benzene rings is 2. The highest BCUT2D eigenvalue weighted by atomic mass is 16.3. The van der Waals surface area contributed by atoms with Gasteiger partial charge in [0.2, 0.25) is 5.91 Å². The second kappa shape index (κ2) is 11.6. The number of phenolic OH excluding ortho intramolecular Hbond substituents is 1. The lowest BCUT2D eigenvalue weighted by Gasteiger charge is -2.60. The van der Waals surface area contributed by atoms with E-state index < -0.39 is 11.0 Å². The minimum absolute atomic E-state index is 0.0430. The van der Waals surface area contributed by atoms with Gasteiger partial charge in [-0.2, -0.15) is 0 Å². The topological polar surface area (TPSA) is 69.6 Å². The van der Waals surface area contributed by atoms with E-state index in [4.69, 9.17) is 0 Å². The Morgan fingerprint density at radius 1 is 1.08 bits per heavy atom. The summed E-state index contributed by atoms with van der Waals surface area (Å²) in [6, 6.07) is 18.0. The summed E-state index contributed by atoms with van der Waals surface area (Å²) >= 11 is 0. The van der Waals surface area contributed by atoms with Gasteiger partial charge in [-0.3, -0.25) is 4.79 Å². The number of hydrogen-bond donors (Lipinski definition) is 3. The number of likely N-dealkylation sites (tertiary alicyclic amines) is 1. The first kappa shape index (κ1) is 27.7. The van der Waals surface area contributed by atoms with Crippen molar-refractivity contribution in [1.29, 1.82) is 0 Å². The van der Waals surface area contributed by atoms with Gasteiger partial charge in [-0.1, -0.05) is 62.7 Å². The smallest absolute Gasteiger partial charge is 0.220 e. The average molecular weight is 508 g/mol. The number of nitrogens with zero attached hydrogens (tertiary/aromatic N) is 1. The van der Waals surface area contributed by atoms with E-state index in [0.717, 1.165) is 61.7 Å². The molecule has 0 spiro atoms. The zero-order chi connectivity index (χ0) is 26.5. The summed E-state index contributed by atoms with van der Waals surface area (Å²) in [5.41, 5.74) is 1.04. The van der Waals surface area contributed by atoms with Gasteiger partial charge < -0.3 is 20.0 Å². The van der Waals surface area contributed by atoms with Crippen LogP contribution in [0.1, 0.15) is 76.3 Å². The third-order valence-electron chi connectivity index (χ3n) is 8.90. The SMILES string of the molecule is CC(C)C[N@+]1(C)CC[C@]2(c3cccc(O)c3)C[C@H](NC(=O)CCCCCc3ccccc3)CCC2(O)C1. The Balaban J connectivity index is 1.39. The van der Waals surface area contributed by atoms with E-state index in [-0.39, 0.29) is 17.7 Å². The zero-order valence-corrected chi connectivity index (χ0v) is 23.1. The maximum atomic E-state index is 12.9. The minimum atomic E-state index is -0.860. The summed E-state index contributed by atoms with van der Waals surface area (Å²) in [7, 11) is 2.27.